The van der Waals surface area contributed by atoms with E-state index in [9.17, 15) is 13.2 Å². The molecule has 0 saturated heterocycles. The Kier molecular flexibility index (Phi) is 5.17. The molecular formula is C24H26N2O4S. The molecule has 31 heavy (non-hydrogen) atoms. The molecule has 7 heteroatoms. The van der Waals surface area contributed by atoms with Crippen LogP contribution in [0.3, 0.4) is 0 Å². The van der Waals surface area contributed by atoms with E-state index in [1.807, 2.05) is 45.0 Å². The summed E-state index contributed by atoms with van der Waals surface area (Å²) < 4.78 is 34.2. The van der Waals surface area contributed by atoms with Crippen LogP contribution in [-0.4, -0.2) is 32.6 Å². The second-order valence-corrected chi connectivity index (χ2v) is 9.73. The zero-order valence-corrected chi connectivity index (χ0v) is 19.0. The Labute approximate surface area is 182 Å². The number of aryl methyl sites for hydroxylation is 2. The smallest absolute Gasteiger partial charge is 0.310 e. The highest BCUT2D eigenvalue weighted by Gasteiger charge is 2.33. The molecule has 0 N–H and O–H groups in total. The summed E-state index contributed by atoms with van der Waals surface area (Å²) in [7, 11) is -2.33. The summed E-state index contributed by atoms with van der Waals surface area (Å²) in [6.07, 6.45) is 0.0562. The molecule has 0 amide bonds. The van der Waals surface area contributed by atoms with Crippen molar-refractivity contribution < 1.29 is 17.9 Å². The first-order valence-corrected chi connectivity index (χ1v) is 11.6. The maximum absolute atomic E-state index is 12.9. The number of nitrogens with zero attached hydrogens (tertiary/aromatic N) is 2. The molecule has 1 aliphatic heterocycles. The normalized spacial score (nSPS) is 13.5. The molecule has 6 nitrogen and oxygen atoms in total. The number of methoxy groups -OCH3 is 1. The van der Waals surface area contributed by atoms with Crippen LogP contribution < -0.4 is 4.31 Å². The van der Waals surface area contributed by atoms with E-state index in [-0.39, 0.29) is 12.4 Å². The lowest BCUT2D eigenvalue weighted by atomic mass is 9.89. The van der Waals surface area contributed by atoms with Crippen LogP contribution in [0.5, 0.6) is 0 Å². The SMILES string of the molecule is C=CS(=O)(=O)N1CCn2c(C)cc3c(-c4ccc(C)cc4)c(CC(=O)OC)c(C)c1c32. The number of carbonyl (C=O) groups excluding carboxylic acids is 1. The highest BCUT2D eigenvalue weighted by molar-refractivity contribution is 7.95. The van der Waals surface area contributed by atoms with Gasteiger partial charge in [0.15, 0.2) is 0 Å². The summed E-state index contributed by atoms with van der Waals surface area (Å²) in [5.74, 6) is -0.367. The van der Waals surface area contributed by atoms with E-state index in [0.29, 0.717) is 18.8 Å². The van der Waals surface area contributed by atoms with Crippen molar-refractivity contribution in [3.8, 4) is 11.1 Å². The number of benzene rings is 2. The predicted octanol–water partition coefficient (Wildman–Crippen LogP) is 4.24. The molecule has 0 radical (unpaired) electrons. The molecule has 1 aromatic heterocycles. The van der Waals surface area contributed by atoms with Crippen molar-refractivity contribution in [3.63, 3.8) is 0 Å². The molecule has 0 aliphatic carbocycles. The number of anilines is 1. The molecule has 0 spiro atoms. The Hall–Kier alpha value is -3.06. The zero-order valence-electron chi connectivity index (χ0n) is 18.2. The molecule has 0 fully saturated rings. The topological polar surface area (TPSA) is 68.6 Å². The molecule has 0 unspecified atom stereocenters. The van der Waals surface area contributed by atoms with Gasteiger partial charge in [0.1, 0.15) is 0 Å². The van der Waals surface area contributed by atoms with Gasteiger partial charge < -0.3 is 9.30 Å². The lowest BCUT2D eigenvalue weighted by Gasteiger charge is -2.32. The van der Waals surface area contributed by atoms with Crippen LogP contribution in [0.15, 0.2) is 42.3 Å². The van der Waals surface area contributed by atoms with Gasteiger partial charge in [-0.1, -0.05) is 36.4 Å². The molecule has 1 aliphatic rings. The lowest BCUT2D eigenvalue weighted by Crippen LogP contribution is -2.36. The fraction of sp³-hybridized carbons (Fsp3) is 0.292. The van der Waals surface area contributed by atoms with Gasteiger partial charge in [-0.05, 0) is 49.1 Å². The van der Waals surface area contributed by atoms with Gasteiger partial charge in [-0.3, -0.25) is 9.10 Å². The van der Waals surface area contributed by atoms with E-state index < -0.39 is 10.0 Å². The van der Waals surface area contributed by atoms with Gasteiger partial charge in [-0.25, -0.2) is 8.42 Å². The minimum Gasteiger partial charge on any atom is -0.469 e. The predicted molar refractivity (Wildman–Crippen MR) is 124 cm³/mol. The fourth-order valence-electron chi connectivity index (χ4n) is 4.52. The van der Waals surface area contributed by atoms with Gasteiger partial charge in [-0.2, -0.15) is 0 Å². The summed E-state index contributed by atoms with van der Waals surface area (Å²) >= 11 is 0. The second kappa shape index (κ2) is 7.57. The van der Waals surface area contributed by atoms with Crippen LogP contribution >= 0.6 is 0 Å². The highest BCUT2D eigenvalue weighted by atomic mass is 32.2. The molecule has 0 saturated carbocycles. The van der Waals surface area contributed by atoms with Crippen LogP contribution in [0.2, 0.25) is 0 Å². The van der Waals surface area contributed by atoms with Crippen molar-refractivity contribution in [2.24, 2.45) is 0 Å². The summed E-state index contributed by atoms with van der Waals surface area (Å²) in [6.45, 7) is 10.3. The van der Waals surface area contributed by atoms with Crippen molar-refractivity contribution in [3.05, 3.63) is 64.7 Å². The average Bonchev–Trinajstić information content (AvgIpc) is 3.09. The minimum atomic E-state index is -3.69. The largest absolute Gasteiger partial charge is 0.469 e. The summed E-state index contributed by atoms with van der Waals surface area (Å²) in [5.41, 5.74) is 7.15. The lowest BCUT2D eigenvalue weighted by molar-refractivity contribution is -0.139. The number of carbonyl (C=O) groups is 1. The van der Waals surface area contributed by atoms with E-state index in [0.717, 1.165) is 49.8 Å². The zero-order chi connectivity index (χ0) is 22.5. The van der Waals surface area contributed by atoms with Crippen LogP contribution in [0.4, 0.5) is 5.69 Å². The Balaban J connectivity index is 2.16. The number of aromatic nitrogens is 1. The van der Waals surface area contributed by atoms with E-state index in [1.165, 1.54) is 11.4 Å². The fourth-order valence-corrected chi connectivity index (χ4v) is 5.52. The first-order valence-electron chi connectivity index (χ1n) is 10.1. The van der Waals surface area contributed by atoms with Gasteiger partial charge in [-0.15, -0.1) is 0 Å². The molecule has 4 rings (SSSR count). The Morgan fingerprint density at radius 2 is 1.84 bits per heavy atom. The second-order valence-electron chi connectivity index (χ2n) is 7.93. The highest BCUT2D eigenvalue weighted by Crippen LogP contribution is 2.45. The quantitative estimate of drug-likeness (QED) is 0.559. The number of hydrogen-bond acceptors (Lipinski definition) is 4. The molecule has 3 aromatic rings. The molecule has 162 valence electrons. The van der Waals surface area contributed by atoms with Crippen molar-refractivity contribution in [2.75, 3.05) is 18.0 Å². The standard InChI is InChI=1S/C24H26N2O4S/c1-6-31(28,29)26-12-11-25-16(3)13-20-22(18-9-7-15(2)8-10-18)19(14-21(27)30-5)17(4)23(26)24(20)25/h6-10,13H,1,11-12,14H2,2-5H3. The maximum atomic E-state index is 12.9. The van der Waals surface area contributed by atoms with Crippen LogP contribution in [0, 0.1) is 20.8 Å². The van der Waals surface area contributed by atoms with E-state index in [2.05, 4.69) is 17.2 Å². The Morgan fingerprint density at radius 1 is 1.16 bits per heavy atom. The number of sulfonamides is 1. The van der Waals surface area contributed by atoms with Crippen molar-refractivity contribution in [1.29, 1.82) is 0 Å². The van der Waals surface area contributed by atoms with Gasteiger partial charge in [0, 0.05) is 23.0 Å². The first kappa shape index (κ1) is 21.2. The van der Waals surface area contributed by atoms with Crippen LogP contribution in [0.1, 0.15) is 22.4 Å². The molecule has 0 bridgehead atoms. The number of rotatable bonds is 5. The van der Waals surface area contributed by atoms with E-state index in [1.54, 1.807) is 0 Å². The third-order valence-corrected chi connectivity index (χ3v) is 7.49. The van der Waals surface area contributed by atoms with Gasteiger partial charge in [0.25, 0.3) is 10.0 Å². The summed E-state index contributed by atoms with van der Waals surface area (Å²) in [4.78, 5) is 12.4. The summed E-state index contributed by atoms with van der Waals surface area (Å²) in [6, 6.07) is 10.2. The van der Waals surface area contributed by atoms with E-state index >= 15 is 0 Å². The van der Waals surface area contributed by atoms with Crippen LogP contribution in [-0.2, 0) is 32.5 Å². The van der Waals surface area contributed by atoms with Gasteiger partial charge in [0.05, 0.1) is 31.3 Å². The Bertz CT molecular complexity index is 1320. The first-order chi connectivity index (χ1) is 14.7. The molecule has 2 aromatic carbocycles. The van der Waals surface area contributed by atoms with Gasteiger partial charge in [0.2, 0.25) is 0 Å². The van der Waals surface area contributed by atoms with Crippen molar-refractivity contribution >= 4 is 32.6 Å². The Morgan fingerprint density at radius 3 is 2.45 bits per heavy atom. The maximum Gasteiger partial charge on any atom is 0.310 e. The summed E-state index contributed by atoms with van der Waals surface area (Å²) in [5, 5.41) is 1.92. The van der Waals surface area contributed by atoms with Crippen LogP contribution in [0.25, 0.3) is 22.0 Å². The molecule has 2 heterocycles. The van der Waals surface area contributed by atoms with Crippen molar-refractivity contribution in [1.82, 2.24) is 4.57 Å². The third kappa shape index (κ3) is 3.33. The minimum absolute atomic E-state index is 0.0562. The number of hydrogen-bond donors (Lipinski definition) is 0. The van der Waals surface area contributed by atoms with Gasteiger partial charge >= 0.3 is 5.97 Å². The monoisotopic (exact) mass is 438 g/mol. The van der Waals surface area contributed by atoms with Crippen molar-refractivity contribution in [2.45, 2.75) is 33.7 Å². The van der Waals surface area contributed by atoms with E-state index in [4.69, 9.17) is 4.74 Å². The third-order valence-electron chi connectivity index (χ3n) is 6.09. The average molecular weight is 439 g/mol. The molecule has 0 atom stereocenters. The number of esters is 1. The number of ether oxygens (including phenoxy) is 1. The molecular weight excluding hydrogens is 412 g/mol.